The number of hydrogen-bond donors (Lipinski definition) is 0. The van der Waals surface area contributed by atoms with Crippen LogP contribution in [0.2, 0.25) is 0 Å². The van der Waals surface area contributed by atoms with E-state index in [9.17, 15) is 0 Å². The Morgan fingerprint density at radius 1 is 0.217 bits per heavy atom. The molecule has 0 atom stereocenters. The van der Waals surface area contributed by atoms with Crippen LogP contribution in [0.25, 0.3) is 77.9 Å². The van der Waals surface area contributed by atoms with Crippen LogP contribution in [-0.4, -0.2) is 22.9 Å². The second-order valence-corrected chi connectivity index (χ2v) is 41.8. The molecule has 1 nitrogen and oxygen atoms in total. The van der Waals surface area contributed by atoms with E-state index in [1.807, 2.05) is 11.8 Å². The maximum Gasteiger partial charge on any atom is 0.249 e. The molecular weight excluding hydrogens is 1430 g/mol. The summed E-state index contributed by atoms with van der Waals surface area (Å²) in [4.78, 5) is 5.17. The van der Waals surface area contributed by atoms with Gasteiger partial charge in [0.2, 0.25) is 6.71 Å². The average Bonchev–Trinajstić information content (AvgIpc) is 0.701. The Kier molecular flexibility index (Phi) is 19.0. The number of benzene rings is 17. The van der Waals surface area contributed by atoms with Crippen LogP contribution in [0.15, 0.2) is 434 Å². The minimum Gasteiger partial charge on any atom is -0.311 e. The van der Waals surface area contributed by atoms with Crippen LogP contribution in [0.1, 0.15) is 52.7 Å². The van der Waals surface area contributed by atoms with Crippen LogP contribution >= 0.6 is 11.8 Å². The van der Waals surface area contributed by atoms with Crippen LogP contribution in [0.4, 0.5) is 17.1 Å². The van der Waals surface area contributed by atoms with Crippen LogP contribution < -0.4 is 62.8 Å². The van der Waals surface area contributed by atoms with Crippen molar-refractivity contribution in [1.82, 2.24) is 0 Å². The monoisotopic (exact) mass is 1520 g/mol. The lowest BCUT2D eigenvalue weighted by Gasteiger charge is -2.41. The molecule has 2 aliphatic rings. The Hall–Kier alpha value is -12.6. The molecule has 17 aromatic carbocycles. The normalized spacial score (nSPS) is 12.5. The topological polar surface area (TPSA) is 3.24 Å². The summed E-state index contributed by atoms with van der Waals surface area (Å²) in [6.07, 6.45) is 0. The van der Waals surface area contributed by atoms with E-state index in [4.69, 9.17) is 0 Å². The van der Waals surface area contributed by atoms with E-state index in [1.54, 1.807) is 0 Å². The third kappa shape index (κ3) is 13.3. The first kappa shape index (κ1) is 72.6. The maximum atomic E-state index is 2.64. The van der Waals surface area contributed by atoms with E-state index in [2.05, 4.69) is 471 Å². The molecule has 0 fully saturated rings. The molecule has 0 amide bonds. The summed E-state index contributed by atoms with van der Waals surface area (Å²) in [5.41, 5.74) is 26.6. The van der Waals surface area contributed by atoms with E-state index in [-0.39, 0.29) is 17.5 Å². The third-order valence-corrected chi connectivity index (χ3v) is 34.8. The lowest BCUT2D eigenvalue weighted by Crippen LogP contribution is -2.74. The minimum atomic E-state index is -3.00. The van der Waals surface area contributed by atoms with Crippen molar-refractivity contribution in [2.75, 3.05) is 4.90 Å². The second-order valence-electron chi connectivity index (χ2n) is 33.1. The molecule has 17 aromatic rings. The molecule has 2 aliphatic heterocycles. The highest BCUT2D eigenvalue weighted by Gasteiger charge is 2.46. The molecule has 550 valence electrons. The molecule has 0 N–H and O–H groups in total. The van der Waals surface area contributed by atoms with E-state index in [0.29, 0.717) is 0 Å². The van der Waals surface area contributed by atoms with E-state index in [0.717, 1.165) is 28.1 Å². The predicted octanol–water partition coefficient (Wildman–Crippen LogP) is 21.5. The molecule has 0 bridgehead atoms. The van der Waals surface area contributed by atoms with Gasteiger partial charge in [-0.05, 0) is 183 Å². The lowest BCUT2D eigenvalue weighted by molar-refractivity contribution is 0.569. The van der Waals surface area contributed by atoms with Crippen LogP contribution in [0.5, 0.6) is 0 Å². The zero-order chi connectivity index (χ0) is 77.8. The van der Waals surface area contributed by atoms with Crippen LogP contribution in [0.3, 0.4) is 0 Å². The molecule has 0 saturated carbocycles. The van der Waals surface area contributed by atoms with Gasteiger partial charge in [0.25, 0.3) is 0 Å². The highest BCUT2D eigenvalue weighted by molar-refractivity contribution is 8.00. The van der Waals surface area contributed by atoms with Gasteiger partial charge in [-0.1, -0.05) is 447 Å². The summed E-state index contributed by atoms with van der Waals surface area (Å²) < 4.78 is 0. The second kappa shape index (κ2) is 30.1. The zero-order valence-electron chi connectivity index (χ0n) is 65.8. The molecule has 5 heteroatoms. The number of hydrogen-bond acceptors (Lipinski definition) is 2. The number of fused-ring (bicyclic) bond motifs is 4. The van der Waals surface area contributed by atoms with Crippen molar-refractivity contribution in [3.05, 3.63) is 436 Å². The highest BCUT2D eigenvalue weighted by Crippen LogP contribution is 2.49. The van der Waals surface area contributed by atoms with Gasteiger partial charge in [-0.3, -0.25) is 0 Å². The summed E-state index contributed by atoms with van der Waals surface area (Å²) >= 11 is 1.94. The van der Waals surface area contributed by atoms with Gasteiger partial charge < -0.3 is 4.90 Å². The van der Waals surface area contributed by atoms with Gasteiger partial charge in [0.05, 0.1) is 5.69 Å². The summed E-state index contributed by atoms with van der Waals surface area (Å²) in [6, 6.07) is 162. The van der Waals surface area contributed by atoms with E-state index >= 15 is 0 Å². The Balaban J connectivity index is 0.833. The molecule has 0 unspecified atom stereocenters. The van der Waals surface area contributed by atoms with Gasteiger partial charge in [0.15, 0.2) is 16.1 Å². The Bertz CT molecular complexity index is 6300. The maximum absolute atomic E-state index is 3.00. The molecular formula is C110H88BNSSi2. The lowest BCUT2D eigenvalue weighted by atomic mass is 9.34. The third-order valence-electron chi connectivity index (χ3n) is 24.1. The van der Waals surface area contributed by atoms with Crippen molar-refractivity contribution in [1.29, 1.82) is 0 Å². The van der Waals surface area contributed by atoms with Crippen LogP contribution in [0, 0.1) is 0 Å². The summed E-state index contributed by atoms with van der Waals surface area (Å²) in [6.45, 7) is 14.0. The molecule has 0 radical (unpaired) electrons. The van der Waals surface area contributed by atoms with Gasteiger partial charge in [0.1, 0.15) is 0 Å². The number of anilines is 3. The van der Waals surface area contributed by atoms with Crippen molar-refractivity contribution in [2.24, 2.45) is 0 Å². The first-order valence-corrected chi connectivity index (χ1v) is 45.2. The Labute approximate surface area is 685 Å². The quantitative estimate of drug-likeness (QED) is 0.0701. The average molecular weight is 1520 g/mol. The molecule has 0 aromatic heterocycles. The summed E-state index contributed by atoms with van der Waals surface area (Å²) in [7, 11) is -5.97. The number of rotatable bonds is 16. The molecule has 2 heterocycles. The minimum absolute atomic E-state index is 0.0512. The fourth-order valence-corrected chi connectivity index (χ4v) is 29.1. The van der Waals surface area contributed by atoms with E-state index < -0.39 is 16.1 Å². The largest absolute Gasteiger partial charge is 0.311 e. The standard InChI is InChI=1S/C110H88BNSSi2/c1-109(2,3)90-67-88(68-91(76-90)110(4,5)6)87-57-64-101-106(74-87)113-107-75-89(81-55-62-97(63-56-81)115(94-47-27-13-28-48-94,95-49-29-14-30-50-95)99-52-32-42-84(70-99)78-35-17-8-18-36-78)73-105-108(107)111(101)102-72-86(59-66-104(102)112(105)103-65-58-85(79-37-19-9-20-38-79)71-100(103)82-39-21-10-22-40-82)80-53-60-96(61-54-80)114(92-43-23-11-24-44-92,93-45-25-12-26-46-93)98-51-31-41-83(69-98)77-33-15-7-16-34-77/h7-76H,1-6H3. The molecule has 0 saturated heterocycles. The zero-order valence-corrected chi connectivity index (χ0v) is 68.7. The van der Waals surface area contributed by atoms with Gasteiger partial charge in [-0.25, -0.2) is 0 Å². The fourth-order valence-electron chi connectivity index (χ4n) is 18.3. The fraction of sp³-hybridized carbons (Fsp3) is 0.0727. The van der Waals surface area contributed by atoms with Crippen LogP contribution in [-0.2, 0) is 10.8 Å². The predicted molar refractivity (Wildman–Crippen MR) is 499 cm³/mol. The van der Waals surface area contributed by atoms with Crippen molar-refractivity contribution in [3.63, 3.8) is 0 Å². The van der Waals surface area contributed by atoms with Gasteiger partial charge in [0, 0.05) is 26.7 Å². The van der Waals surface area contributed by atoms with E-state index in [1.165, 1.54) is 146 Å². The van der Waals surface area contributed by atoms with Gasteiger partial charge >= 0.3 is 0 Å². The summed E-state index contributed by atoms with van der Waals surface area (Å²) in [5, 5.41) is 10.7. The number of nitrogens with zero attached hydrogens (tertiary/aromatic N) is 1. The van der Waals surface area contributed by atoms with Crippen molar-refractivity contribution in [2.45, 2.75) is 62.2 Å². The molecule has 0 aliphatic carbocycles. The highest BCUT2D eigenvalue weighted by atomic mass is 32.2. The first-order valence-electron chi connectivity index (χ1n) is 40.4. The molecule has 115 heavy (non-hydrogen) atoms. The van der Waals surface area contributed by atoms with Gasteiger partial charge in [-0.15, -0.1) is 0 Å². The van der Waals surface area contributed by atoms with Crippen molar-refractivity contribution < 1.29 is 0 Å². The first-order chi connectivity index (χ1) is 56.2. The smallest absolute Gasteiger partial charge is 0.249 e. The molecule has 0 spiro atoms. The van der Waals surface area contributed by atoms with Crippen molar-refractivity contribution in [3.8, 4) is 77.9 Å². The Morgan fingerprint density at radius 3 is 0.983 bits per heavy atom. The SMILES string of the molecule is CC(C)(C)c1cc(-c2ccc3c(c2)Sc2cc(-c4ccc([Si](c5ccccc5)(c5ccccc5)c5cccc(-c6ccccc6)c5)cc4)cc4c2B3c2cc(-c3ccc([Si](c5ccccc5)(c5ccccc5)c5cccc(-c6ccccc6)c5)cc3)ccc2N4c2ccc(-c3ccccc3)cc2-c2ccccc2)cc(C(C)(C)C)c1. The van der Waals surface area contributed by atoms with Gasteiger partial charge in [-0.2, -0.15) is 0 Å². The summed E-state index contributed by atoms with van der Waals surface area (Å²) in [5.74, 6) is 0. The molecule has 19 rings (SSSR count). The Morgan fingerprint density at radius 2 is 0.539 bits per heavy atom. The van der Waals surface area contributed by atoms with Crippen molar-refractivity contribution >= 4 is 110 Å².